The maximum absolute atomic E-state index is 14.4. The zero-order valence-electron chi connectivity index (χ0n) is 72.9. The van der Waals surface area contributed by atoms with E-state index in [0.29, 0.717) is 13.1 Å². The molecule has 7 heterocycles. The van der Waals surface area contributed by atoms with Gasteiger partial charge in [0.2, 0.25) is 0 Å². The third kappa shape index (κ3) is 27.2. The second-order valence-corrected chi connectivity index (χ2v) is 33.7. The number of anilines is 1. The number of nitrogens with one attached hydrogen (secondary N) is 1. The number of piperazine rings is 1. The molecule has 19 N–H and O–H groups in total. The number of methoxy groups -OCH3 is 1. The molecular weight excluding hydrogens is 1610 g/mol. The Bertz CT molecular complexity index is 4270. The summed E-state index contributed by atoms with van der Waals surface area (Å²) in [5.74, 6) is -15.2. The molecule has 0 saturated carbocycles. The number of carboxylic acids is 1. The van der Waals surface area contributed by atoms with Crippen LogP contribution in [0.2, 0.25) is 0 Å². The number of phenols is 3. The van der Waals surface area contributed by atoms with E-state index in [2.05, 4.69) is 15.3 Å². The van der Waals surface area contributed by atoms with Crippen molar-refractivity contribution in [2.45, 2.75) is 262 Å². The van der Waals surface area contributed by atoms with E-state index in [1.54, 1.807) is 132 Å². The number of esters is 2. The third-order valence-corrected chi connectivity index (χ3v) is 23.9. The highest BCUT2D eigenvalue weighted by Gasteiger charge is 2.53. The number of hydrogen-bond acceptors (Lipinski definition) is 32. The minimum atomic E-state index is -2.29. The SMILES string of the molecule is CO[C@H]1/C=C/O[C@@]2(C)Oc3c(C)c(O)c4c(O)c(c(/C=N\N5CCN(C)CC5)c(O)c4c3C2=O)NC(=O)/C(C)=C\C=C\[C@@H](C)[C@H](O)[C@@H](C)[C@H](O)[C@@H](C)[C@H](OC(C)=O)[C@@H]1C.C[C@H]1[C@H](O)[C@@H](C)\C=C/C=C/C=C/C=C/C=C/C=C/C=C/[C@H](O[C@@H]2O[C@H](C)[C@@H](O)[C@H](N)[C@@H]2O)C[C@@H]2O[C@](O)(C[C@@H](O)C[C@@H](O)CC[C@H](O)[C@@H](O)C[C@@H](O)CC(=O)O[C@H]1C)C[C@H](O)[C@H]2C(=O)O. The number of aliphatic hydroxyl groups excluding tert-OH is 11. The standard InChI is InChI=1S/C47H73NO17.C43H58N4O12/c1-27-17-15-13-11-9-7-5-6-8-10-12-14-16-18-34(64-46-44(58)41(48)43(57)30(4)63-46)24-38-40(45(59)60)37(54)26-47(61,65-38)25-33(51)21-31(49)19-20-35(52)36(53)22-32(50)23-39(55)62-29(3)28(2)42(27)56;1-21-12-11-13-22(2)42(55)45-33-28(20-44-47-17-15-46(9)16-18-47)37(52)30-31(38(33)53)36(51)26(6)40-32(30)41(54)43(8,59-40)57-19-14-29(56-10)23(3)39(58-27(7)48)25(5)35(50)24(4)34(21)49/h5-18,27-38,40-44,46,49-54,56-58,61H,19-26,48H2,1-4H3,(H,59,60);11-14,19-21,23-25,29,34-35,39,49-53H,15-18H2,1-10H3,(H,45,55)/b6-5+,9-7+,10-8+,13-11+,14-12+,17-15-,18-16+;12-11+,19-14+,22-13-,44-20-/t27-,28+,29-,30+,31-,32+,33-,34-,35-,36-,37-,38-,40+,41-,42+,43+,44-,46-,47+;21-,23-,24-,25-,29+,34+,35+,39-,43+/m01/s1. The van der Waals surface area contributed by atoms with Crippen molar-refractivity contribution in [3.05, 3.63) is 138 Å². The summed E-state index contributed by atoms with van der Waals surface area (Å²) in [6, 6.07) is -1.14. The molecule has 28 atom stereocenters. The maximum atomic E-state index is 14.4. The van der Waals surface area contributed by atoms with Gasteiger partial charge in [-0.1, -0.05) is 145 Å². The number of benzene rings is 2. The van der Waals surface area contributed by atoms with Crippen LogP contribution >= 0.6 is 0 Å². The average Bonchev–Trinajstić information content (AvgIpc) is 1.41. The molecule has 3 saturated heterocycles. The average molecular weight is 1750 g/mol. The zero-order chi connectivity index (χ0) is 92.1. The van der Waals surface area contributed by atoms with Crippen LogP contribution in [0.3, 0.4) is 0 Å². The van der Waals surface area contributed by atoms with E-state index in [1.165, 1.54) is 72.4 Å². The minimum Gasteiger partial charge on any atom is -0.507 e. The number of rotatable bonds is 7. The number of fused-ring (bicyclic) bond motifs is 16. The number of cyclic esters (lactones) is 1. The molecule has 124 heavy (non-hydrogen) atoms. The van der Waals surface area contributed by atoms with Crippen molar-refractivity contribution >= 4 is 52.3 Å². The van der Waals surface area contributed by atoms with Gasteiger partial charge in [0, 0.05) is 125 Å². The van der Waals surface area contributed by atoms with Crippen LogP contribution in [0.25, 0.3) is 10.8 Å². The van der Waals surface area contributed by atoms with Gasteiger partial charge in [-0.3, -0.25) is 29.0 Å². The Morgan fingerprint density at radius 3 is 1.82 bits per heavy atom. The number of nitrogens with zero attached hydrogens (tertiary/aromatic N) is 3. The van der Waals surface area contributed by atoms with Crippen LogP contribution in [0.1, 0.15) is 149 Å². The van der Waals surface area contributed by atoms with Crippen LogP contribution in [0.15, 0.2) is 126 Å². The number of ketones is 1. The molecule has 9 rings (SSSR count). The van der Waals surface area contributed by atoms with Gasteiger partial charge in [-0.2, -0.15) is 5.10 Å². The number of Topliss-reactive ketones (excluding diaryl/α,β-unsaturated/α-hetero) is 1. The zero-order valence-corrected chi connectivity index (χ0v) is 72.9. The van der Waals surface area contributed by atoms with Crippen molar-refractivity contribution in [2.75, 3.05) is 45.7 Å². The number of nitrogens with two attached hydrogens (primary N) is 1. The van der Waals surface area contributed by atoms with Crippen LogP contribution < -0.4 is 15.8 Å². The summed E-state index contributed by atoms with van der Waals surface area (Å²) in [5.41, 5.74) is 5.67. The number of aliphatic carboxylic acids is 1. The molecule has 3 fully saturated rings. The first-order chi connectivity index (χ1) is 58.3. The van der Waals surface area contributed by atoms with Crippen molar-refractivity contribution in [1.29, 1.82) is 0 Å². The summed E-state index contributed by atoms with van der Waals surface area (Å²) in [6.45, 7) is 21.8. The second kappa shape index (κ2) is 46.7. The maximum Gasteiger partial charge on any atom is 0.312 e. The first-order valence-electron chi connectivity index (χ1n) is 42.1. The number of allylic oxidation sites excluding steroid dienone is 14. The number of ether oxygens (including phenoxy) is 8. The van der Waals surface area contributed by atoms with E-state index < -0.39 is 236 Å². The fourth-order valence-electron chi connectivity index (χ4n) is 15.9. The Morgan fingerprint density at radius 2 is 1.23 bits per heavy atom. The number of amides is 1. The predicted molar refractivity (Wildman–Crippen MR) is 457 cm³/mol. The highest BCUT2D eigenvalue weighted by atomic mass is 16.7. The third-order valence-electron chi connectivity index (χ3n) is 23.9. The number of hydrazone groups is 1. The van der Waals surface area contributed by atoms with Gasteiger partial charge < -0.3 is 136 Å². The fraction of sp³-hybridized carbons (Fsp3) is 0.600. The summed E-state index contributed by atoms with van der Waals surface area (Å²) >= 11 is 0. The number of carbonyl (C=O) groups is 5. The highest BCUT2D eigenvalue weighted by Crippen LogP contribution is 2.55. The van der Waals surface area contributed by atoms with Crippen molar-refractivity contribution in [2.24, 2.45) is 52.3 Å². The summed E-state index contributed by atoms with van der Waals surface area (Å²) in [4.78, 5) is 67.7. The molecule has 690 valence electrons. The first kappa shape index (κ1) is 102. The Balaban J connectivity index is 0.000000342. The molecule has 7 aliphatic rings. The Kier molecular flexibility index (Phi) is 38.6. The Hall–Kier alpha value is -8.60. The van der Waals surface area contributed by atoms with E-state index in [4.69, 9.17) is 43.6 Å². The van der Waals surface area contributed by atoms with Crippen LogP contribution in [-0.2, 0) is 52.3 Å². The van der Waals surface area contributed by atoms with E-state index >= 15 is 0 Å². The highest BCUT2D eigenvalue weighted by molar-refractivity contribution is 6.24. The lowest BCUT2D eigenvalue weighted by molar-refractivity contribution is -0.308. The molecule has 7 aliphatic heterocycles. The number of carbonyl (C=O) groups excluding carboxylic acids is 4. The molecule has 0 aliphatic carbocycles. The van der Waals surface area contributed by atoms with Gasteiger partial charge in [0.05, 0.1) is 133 Å². The van der Waals surface area contributed by atoms with Crippen molar-refractivity contribution in [1.82, 2.24) is 9.91 Å². The number of carboxylic acid groups (broad SMARTS) is 1. The topological polar surface area (TPSA) is 540 Å². The fourth-order valence-corrected chi connectivity index (χ4v) is 15.9. The molecule has 0 aromatic heterocycles. The lowest BCUT2D eigenvalue weighted by atomic mass is 9.78. The number of phenolic OH excluding ortho intramolecular Hbond substituents is 3. The number of aliphatic hydroxyl groups is 12. The smallest absolute Gasteiger partial charge is 0.312 e. The number of aromatic hydroxyl groups is 3. The molecule has 0 unspecified atom stereocenters. The molecule has 34 heteroatoms. The summed E-state index contributed by atoms with van der Waals surface area (Å²) in [6.07, 6.45) is 8.41. The van der Waals surface area contributed by atoms with Gasteiger partial charge in [-0.05, 0) is 60.1 Å². The Labute approximate surface area is 723 Å². The van der Waals surface area contributed by atoms with Crippen molar-refractivity contribution in [3.63, 3.8) is 0 Å². The largest absolute Gasteiger partial charge is 0.507 e. The Morgan fingerprint density at radius 1 is 0.637 bits per heavy atom. The van der Waals surface area contributed by atoms with Gasteiger partial charge in [0.25, 0.3) is 11.7 Å². The van der Waals surface area contributed by atoms with Crippen LogP contribution in [0.5, 0.6) is 23.0 Å². The monoisotopic (exact) mass is 1750 g/mol. The predicted octanol–water partition coefficient (Wildman–Crippen LogP) is 5.05. The quantitative estimate of drug-likeness (QED) is 0.0746. The van der Waals surface area contributed by atoms with E-state index in [0.717, 1.165) is 13.1 Å². The van der Waals surface area contributed by atoms with Gasteiger partial charge in [-0.25, -0.2) is 0 Å². The van der Waals surface area contributed by atoms with Gasteiger partial charge in [0.15, 0.2) is 17.8 Å². The van der Waals surface area contributed by atoms with E-state index in [1.807, 2.05) is 20.0 Å². The molecule has 2 aromatic rings. The van der Waals surface area contributed by atoms with Gasteiger partial charge in [0.1, 0.15) is 41.5 Å². The molecular formula is C90H131N5O29. The second-order valence-electron chi connectivity index (χ2n) is 33.7. The summed E-state index contributed by atoms with van der Waals surface area (Å²) < 4.78 is 46.7. The summed E-state index contributed by atoms with van der Waals surface area (Å²) in [7, 11) is 3.42. The number of hydrogen-bond donors (Lipinski definition) is 18. The van der Waals surface area contributed by atoms with Gasteiger partial charge >= 0.3 is 23.7 Å². The first-order valence-corrected chi connectivity index (χ1v) is 42.1. The van der Waals surface area contributed by atoms with Crippen molar-refractivity contribution < 1.29 is 144 Å². The lowest BCUT2D eigenvalue weighted by Gasteiger charge is -2.45. The molecule has 2 aromatic carbocycles. The molecule has 34 nitrogen and oxygen atoms in total. The minimum absolute atomic E-state index is 0.0559. The normalized spacial score (nSPS) is 39.1. The molecule has 0 radical (unpaired) electrons. The van der Waals surface area contributed by atoms with Crippen LogP contribution in [0, 0.1) is 48.3 Å². The van der Waals surface area contributed by atoms with E-state index in [9.17, 15) is 106 Å². The lowest BCUT2D eigenvalue weighted by Crippen LogP contribution is -2.61. The van der Waals surface area contributed by atoms with Crippen molar-refractivity contribution in [3.8, 4) is 23.0 Å². The van der Waals surface area contributed by atoms with Gasteiger partial charge in [-0.15, -0.1) is 0 Å². The number of likely N-dealkylation sites (N-methyl/N-ethyl adjacent to an activating group) is 1. The van der Waals surface area contributed by atoms with E-state index in [-0.39, 0.29) is 76.1 Å². The van der Waals surface area contributed by atoms with Crippen LogP contribution in [0.4, 0.5) is 5.69 Å². The summed E-state index contributed by atoms with van der Waals surface area (Å²) in [5, 5.41) is 185. The van der Waals surface area contributed by atoms with Crippen LogP contribution in [-0.4, -0.2) is 295 Å². The molecule has 1 amide bonds. The molecule has 0 spiro atoms. The molecule has 7 bridgehead atoms.